The maximum atomic E-state index is 13.0. The van der Waals surface area contributed by atoms with Crippen molar-refractivity contribution in [3.63, 3.8) is 0 Å². The van der Waals surface area contributed by atoms with Gasteiger partial charge in [-0.3, -0.25) is 0 Å². The fourth-order valence-electron chi connectivity index (χ4n) is 4.95. The lowest BCUT2D eigenvalue weighted by atomic mass is 9.93. The van der Waals surface area contributed by atoms with Crippen LogP contribution in [0.5, 0.6) is 51.7 Å². The Kier molecular flexibility index (Phi) is 8.11. The normalized spacial score (nSPS) is 26.3. The second kappa shape index (κ2) is 11.7. The number of phenolic OH excluding ortho intramolecular Hbond substituents is 7. The first-order chi connectivity index (χ1) is 20.8. The number of benzene rings is 3. The first kappa shape index (κ1) is 30.6. The van der Waals surface area contributed by atoms with E-state index in [1.54, 1.807) is 0 Å². The molecule has 0 saturated carbocycles. The Hall–Kier alpha value is -4.87. The van der Waals surface area contributed by atoms with Crippen molar-refractivity contribution in [3.05, 3.63) is 53.1 Å². The molecule has 5 rings (SSSR count). The second-order valence-corrected chi connectivity index (χ2v) is 10.2. The van der Waals surface area contributed by atoms with Crippen molar-refractivity contribution in [2.24, 2.45) is 0 Å². The summed E-state index contributed by atoms with van der Waals surface area (Å²) in [5.41, 5.74) is -0.264. The molecule has 2 aliphatic heterocycles. The highest BCUT2D eigenvalue weighted by Gasteiger charge is 2.45. The number of carbonyl (C=O) groups is 1. The van der Waals surface area contributed by atoms with Gasteiger partial charge in [0, 0.05) is 29.7 Å². The standard InChI is InChI=1S/C28H28O16/c29-8-20-22(37)23(38)24(39)28(43-20)44-26-16(34)1-9(2-17(26)35)25-19(7-12-13(31)5-11(30)6-18(12)41-25)42-27(40)10-3-14(32)21(36)15(33)4-10/h1-6,19-20,22-25,28-39H,7-8H2/t19-,20?,22?,23?,24?,25?,28?/m1/s1. The summed E-state index contributed by atoms with van der Waals surface area (Å²) in [6.45, 7) is -0.753. The number of rotatable bonds is 6. The molecule has 0 amide bonds. The van der Waals surface area contributed by atoms with Crippen molar-refractivity contribution in [2.75, 3.05) is 6.61 Å². The van der Waals surface area contributed by atoms with Crippen molar-refractivity contribution in [2.45, 2.75) is 49.3 Å². The van der Waals surface area contributed by atoms with E-state index in [2.05, 4.69) is 0 Å². The molecule has 0 aliphatic carbocycles. The first-order valence-electron chi connectivity index (χ1n) is 13.0. The molecule has 7 atom stereocenters. The molecule has 2 heterocycles. The fourth-order valence-corrected chi connectivity index (χ4v) is 4.95. The molecule has 16 heteroatoms. The molecule has 2 aliphatic rings. The molecule has 0 radical (unpaired) electrons. The lowest BCUT2D eigenvalue weighted by Gasteiger charge is -2.39. The fraction of sp³-hybridized carbons (Fsp3) is 0.321. The Balaban J connectivity index is 1.47. The second-order valence-electron chi connectivity index (χ2n) is 10.2. The monoisotopic (exact) mass is 620 g/mol. The van der Waals surface area contributed by atoms with Crippen molar-refractivity contribution in [1.29, 1.82) is 0 Å². The van der Waals surface area contributed by atoms with E-state index < -0.39 is 95.7 Å². The highest BCUT2D eigenvalue weighted by Crippen LogP contribution is 2.47. The Morgan fingerprint density at radius 3 is 2.05 bits per heavy atom. The number of phenols is 7. The summed E-state index contributed by atoms with van der Waals surface area (Å²) in [5, 5.41) is 111. The lowest BCUT2D eigenvalue weighted by molar-refractivity contribution is -0.277. The maximum Gasteiger partial charge on any atom is 0.338 e. The Morgan fingerprint density at radius 2 is 1.43 bits per heavy atom. The third-order valence-corrected chi connectivity index (χ3v) is 7.21. The van der Waals surface area contributed by atoms with Crippen LogP contribution in [0.1, 0.15) is 27.6 Å². The smallest absolute Gasteiger partial charge is 0.338 e. The van der Waals surface area contributed by atoms with Gasteiger partial charge in [-0.15, -0.1) is 0 Å². The Labute approximate surface area is 247 Å². The summed E-state index contributed by atoms with van der Waals surface area (Å²) in [6, 6.07) is 5.95. The van der Waals surface area contributed by atoms with E-state index in [4.69, 9.17) is 18.9 Å². The van der Waals surface area contributed by atoms with E-state index in [9.17, 15) is 61.0 Å². The summed E-state index contributed by atoms with van der Waals surface area (Å²) in [4.78, 5) is 13.0. The average molecular weight is 621 g/mol. The predicted molar refractivity (Wildman–Crippen MR) is 142 cm³/mol. The molecule has 0 spiro atoms. The number of ether oxygens (including phenoxy) is 4. The van der Waals surface area contributed by atoms with Gasteiger partial charge in [-0.2, -0.15) is 0 Å². The van der Waals surface area contributed by atoms with E-state index >= 15 is 0 Å². The molecule has 11 N–H and O–H groups in total. The maximum absolute atomic E-state index is 13.0. The van der Waals surface area contributed by atoms with Crippen LogP contribution in [0.3, 0.4) is 0 Å². The van der Waals surface area contributed by atoms with Crippen molar-refractivity contribution >= 4 is 5.97 Å². The summed E-state index contributed by atoms with van der Waals surface area (Å²) < 4.78 is 22.1. The third-order valence-electron chi connectivity index (χ3n) is 7.21. The number of aliphatic hydroxyl groups is 4. The van der Waals surface area contributed by atoms with Gasteiger partial charge < -0.3 is 75.1 Å². The van der Waals surface area contributed by atoms with Gasteiger partial charge in [-0.1, -0.05) is 0 Å². The number of hydrogen-bond acceptors (Lipinski definition) is 16. The zero-order valence-corrected chi connectivity index (χ0v) is 22.4. The zero-order valence-electron chi connectivity index (χ0n) is 22.4. The van der Waals surface area contributed by atoms with Gasteiger partial charge in [0.25, 0.3) is 0 Å². The van der Waals surface area contributed by atoms with Crippen LogP contribution in [-0.4, -0.2) is 106 Å². The first-order valence-corrected chi connectivity index (χ1v) is 13.0. The van der Waals surface area contributed by atoms with Crippen molar-refractivity contribution in [1.82, 2.24) is 0 Å². The SMILES string of the molecule is O=C(O[C@@H]1Cc2c(O)cc(O)cc2OC1c1cc(O)c(OC2OC(CO)C(O)C(O)C2O)c(O)c1)c1cc(O)c(O)c(O)c1. The van der Waals surface area contributed by atoms with Crippen LogP contribution in [0.2, 0.25) is 0 Å². The molecule has 236 valence electrons. The van der Waals surface area contributed by atoms with Gasteiger partial charge in [0.05, 0.1) is 12.2 Å². The zero-order chi connectivity index (χ0) is 32.0. The van der Waals surface area contributed by atoms with E-state index in [-0.39, 0.29) is 34.6 Å². The van der Waals surface area contributed by atoms with Crippen LogP contribution in [0.4, 0.5) is 0 Å². The van der Waals surface area contributed by atoms with E-state index in [0.717, 1.165) is 30.3 Å². The molecule has 16 nitrogen and oxygen atoms in total. The number of fused-ring (bicyclic) bond motifs is 1. The van der Waals surface area contributed by atoms with Crippen LogP contribution in [0, 0.1) is 0 Å². The van der Waals surface area contributed by atoms with Gasteiger partial charge in [0.15, 0.2) is 34.9 Å². The van der Waals surface area contributed by atoms with Crippen LogP contribution < -0.4 is 9.47 Å². The molecule has 6 unspecified atom stereocenters. The van der Waals surface area contributed by atoms with E-state index in [1.807, 2.05) is 0 Å². The average Bonchev–Trinajstić information content (AvgIpc) is 2.97. The van der Waals surface area contributed by atoms with Crippen molar-refractivity contribution in [3.8, 4) is 51.7 Å². The van der Waals surface area contributed by atoms with Gasteiger partial charge in [0.1, 0.15) is 47.8 Å². The molecular formula is C28H28O16. The van der Waals surface area contributed by atoms with Crippen LogP contribution in [-0.2, 0) is 15.9 Å². The molecule has 0 aromatic heterocycles. The van der Waals surface area contributed by atoms with E-state index in [1.165, 1.54) is 6.07 Å². The van der Waals surface area contributed by atoms with Crippen LogP contribution in [0.15, 0.2) is 36.4 Å². The number of aromatic hydroxyl groups is 7. The number of carbonyl (C=O) groups excluding carboxylic acids is 1. The largest absolute Gasteiger partial charge is 0.508 e. The molecule has 44 heavy (non-hydrogen) atoms. The number of esters is 1. The van der Waals surface area contributed by atoms with Crippen molar-refractivity contribution < 1.29 is 79.9 Å². The minimum absolute atomic E-state index is 0.0242. The Morgan fingerprint density at radius 1 is 0.795 bits per heavy atom. The molecular weight excluding hydrogens is 592 g/mol. The van der Waals surface area contributed by atoms with Gasteiger partial charge in [-0.25, -0.2) is 4.79 Å². The molecule has 3 aromatic rings. The Bertz CT molecular complexity index is 1530. The van der Waals surface area contributed by atoms with Crippen LogP contribution >= 0.6 is 0 Å². The quantitative estimate of drug-likeness (QED) is 0.125. The summed E-state index contributed by atoms with van der Waals surface area (Å²) >= 11 is 0. The predicted octanol–water partition coefficient (Wildman–Crippen LogP) is -0.294. The molecule has 1 fully saturated rings. The number of aliphatic hydroxyl groups excluding tert-OH is 4. The summed E-state index contributed by atoms with van der Waals surface area (Å²) in [6.07, 6.45) is -11.3. The lowest BCUT2D eigenvalue weighted by Crippen LogP contribution is -2.60. The minimum Gasteiger partial charge on any atom is -0.508 e. The minimum atomic E-state index is -1.85. The molecule has 3 aromatic carbocycles. The summed E-state index contributed by atoms with van der Waals surface area (Å²) in [5.74, 6) is -6.50. The van der Waals surface area contributed by atoms with Gasteiger partial charge in [-0.05, 0) is 24.3 Å². The molecule has 1 saturated heterocycles. The third kappa shape index (κ3) is 5.59. The molecule has 0 bridgehead atoms. The highest BCUT2D eigenvalue weighted by molar-refractivity contribution is 5.91. The highest BCUT2D eigenvalue weighted by atomic mass is 16.7. The number of hydrogen-bond donors (Lipinski definition) is 11. The summed E-state index contributed by atoms with van der Waals surface area (Å²) in [7, 11) is 0. The van der Waals surface area contributed by atoms with Gasteiger partial charge >= 0.3 is 5.97 Å². The topological polar surface area (TPSA) is 277 Å². The van der Waals surface area contributed by atoms with Gasteiger partial charge in [0.2, 0.25) is 12.0 Å². The van der Waals surface area contributed by atoms with E-state index in [0.29, 0.717) is 0 Å². The van der Waals surface area contributed by atoms with Crippen LogP contribution in [0.25, 0.3) is 0 Å².